The van der Waals surface area contributed by atoms with Crippen LogP contribution in [0.2, 0.25) is 5.02 Å². The average molecular weight is 639 g/mol. The Bertz CT molecular complexity index is 1830. The Morgan fingerprint density at radius 2 is 1.58 bits per heavy atom. The van der Waals surface area contributed by atoms with Crippen LogP contribution >= 0.6 is 11.6 Å². The number of benzene rings is 3. The maximum atomic E-state index is 13.3. The molecule has 3 aromatic carbocycles. The summed E-state index contributed by atoms with van der Waals surface area (Å²) in [7, 11) is -7.67. The van der Waals surface area contributed by atoms with E-state index in [1.165, 1.54) is 34.1 Å². The van der Waals surface area contributed by atoms with Gasteiger partial charge in [-0.2, -0.15) is 4.31 Å². The lowest BCUT2D eigenvalue weighted by atomic mass is 9.91. The molecule has 0 aliphatic carbocycles. The van der Waals surface area contributed by atoms with Crippen LogP contribution in [0.1, 0.15) is 40.0 Å². The van der Waals surface area contributed by atoms with Crippen LogP contribution in [0.25, 0.3) is 0 Å². The Hall–Kier alpha value is -3.64. The summed E-state index contributed by atoms with van der Waals surface area (Å²) in [6.45, 7) is 2.69. The summed E-state index contributed by atoms with van der Waals surface area (Å²) in [5.41, 5.74) is 2.64. The minimum absolute atomic E-state index is 0.122. The molecule has 9 nitrogen and oxygen atoms in total. The van der Waals surface area contributed by atoms with E-state index < -0.39 is 30.9 Å². The van der Waals surface area contributed by atoms with Gasteiger partial charge in [-0.05, 0) is 73.1 Å². The first-order valence-corrected chi connectivity index (χ1v) is 17.3. The monoisotopic (exact) mass is 638 g/mol. The zero-order chi connectivity index (χ0) is 30.6. The van der Waals surface area contributed by atoms with Gasteiger partial charge in [0.15, 0.2) is 5.69 Å². The van der Waals surface area contributed by atoms with Gasteiger partial charge in [-0.15, -0.1) is 0 Å². The van der Waals surface area contributed by atoms with Gasteiger partial charge in [0.2, 0.25) is 25.0 Å². The molecule has 4 aromatic rings. The molecule has 0 bridgehead atoms. The molecule has 1 saturated heterocycles. The van der Waals surface area contributed by atoms with Crippen LogP contribution in [0.5, 0.6) is 0 Å². The fourth-order valence-electron chi connectivity index (χ4n) is 5.05. The summed E-state index contributed by atoms with van der Waals surface area (Å²) < 4.78 is 54.1. The SMILES string of the molecule is Cc1ccccc1CS(=O)(=O)c1ncc(Cl)c(C(=O)Nc2ccc(S(=O)(=O)N3CCC(Cc4ccccc4)CC3)cc2)n1. The number of aryl methyl sites for hydroxylation is 1. The number of halogens is 1. The highest BCUT2D eigenvalue weighted by Gasteiger charge is 2.30. The number of amides is 1. The second kappa shape index (κ2) is 12.9. The normalized spacial score (nSPS) is 14.8. The van der Waals surface area contributed by atoms with Crippen LogP contribution in [0.4, 0.5) is 5.69 Å². The van der Waals surface area contributed by atoms with Crippen molar-refractivity contribution in [3.8, 4) is 0 Å². The van der Waals surface area contributed by atoms with Crippen molar-refractivity contribution in [1.29, 1.82) is 0 Å². The molecule has 0 atom stereocenters. The van der Waals surface area contributed by atoms with E-state index in [1.54, 1.807) is 25.1 Å². The predicted octanol–water partition coefficient (Wildman–Crippen LogP) is 5.31. The molecule has 1 aromatic heterocycles. The molecular formula is C31H31ClN4O5S2. The zero-order valence-corrected chi connectivity index (χ0v) is 25.9. The first-order chi connectivity index (χ1) is 20.5. The van der Waals surface area contributed by atoms with E-state index in [2.05, 4.69) is 27.4 Å². The number of sulfonamides is 1. The number of sulfone groups is 1. The second-order valence-electron chi connectivity index (χ2n) is 10.6. The third-order valence-electron chi connectivity index (χ3n) is 7.51. The number of carbonyl (C=O) groups excluding carboxylic acids is 1. The Labute approximate surface area is 256 Å². The summed E-state index contributed by atoms with van der Waals surface area (Å²) >= 11 is 6.15. The predicted molar refractivity (Wildman–Crippen MR) is 165 cm³/mol. The molecule has 0 saturated carbocycles. The molecule has 1 aliphatic heterocycles. The smallest absolute Gasteiger partial charge is 0.275 e. The van der Waals surface area contributed by atoms with E-state index in [1.807, 2.05) is 24.3 Å². The van der Waals surface area contributed by atoms with E-state index in [9.17, 15) is 21.6 Å². The van der Waals surface area contributed by atoms with Gasteiger partial charge in [-0.1, -0.05) is 66.2 Å². The van der Waals surface area contributed by atoms with Crippen LogP contribution in [-0.2, 0) is 32.0 Å². The lowest BCUT2D eigenvalue weighted by molar-refractivity contribution is 0.102. The van der Waals surface area contributed by atoms with Crippen LogP contribution in [-0.4, -0.2) is 50.1 Å². The number of rotatable bonds is 9. The maximum absolute atomic E-state index is 13.3. The number of anilines is 1. The third kappa shape index (κ3) is 7.30. The molecular weight excluding hydrogens is 608 g/mol. The molecule has 1 N–H and O–H groups in total. The quantitative estimate of drug-likeness (QED) is 0.246. The van der Waals surface area contributed by atoms with Gasteiger partial charge < -0.3 is 5.32 Å². The highest BCUT2D eigenvalue weighted by molar-refractivity contribution is 7.90. The number of aromatic nitrogens is 2. The van der Waals surface area contributed by atoms with E-state index in [-0.39, 0.29) is 21.4 Å². The lowest BCUT2D eigenvalue weighted by Crippen LogP contribution is -2.38. The van der Waals surface area contributed by atoms with Crippen LogP contribution < -0.4 is 5.32 Å². The number of nitrogens with zero attached hydrogens (tertiary/aromatic N) is 3. The highest BCUT2D eigenvalue weighted by atomic mass is 35.5. The average Bonchev–Trinajstić information content (AvgIpc) is 2.99. The first kappa shape index (κ1) is 30.8. The molecule has 0 unspecified atom stereocenters. The van der Waals surface area contributed by atoms with Gasteiger partial charge in [0.1, 0.15) is 0 Å². The molecule has 2 heterocycles. The van der Waals surface area contributed by atoms with Crippen LogP contribution in [0.3, 0.4) is 0 Å². The third-order valence-corrected chi connectivity index (χ3v) is 11.1. The van der Waals surface area contributed by atoms with Crippen molar-refractivity contribution >= 4 is 43.1 Å². The summed E-state index contributed by atoms with van der Waals surface area (Å²) in [6.07, 6.45) is 3.57. The van der Waals surface area contributed by atoms with E-state index >= 15 is 0 Å². The number of nitrogens with one attached hydrogen (secondary N) is 1. The molecule has 1 fully saturated rings. The van der Waals surface area contributed by atoms with Gasteiger partial charge in [0, 0.05) is 18.8 Å². The number of hydrogen-bond acceptors (Lipinski definition) is 7. The Balaban J connectivity index is 1.23. The summed E-state index contributed by atoms with van der Waals surface area (Å²) in [4.78, 5) is 21.0. The molecule has 5 rings (SSSR count). The Morgan fingerprint density at radius 1 is 0.930 bits per heavy atom. The van der Waals surface area contributed by atoms with E-state index in [4.69, 9.17) is 11.6 Å². The Kier molecular flexibility index (Phi) is 9.26. The molecule has 12 heteroatoms. The molecule has 224 valence electrons. The minimum atomic E-state index is -3.97. The van der Waals surface area contributed by atoms with Gasteiger partial charge in [-0.3, -0.25) is 4.79 Å². The van der Waals surface area contributed by atoms with Crippen molar-refractivity contribution in [2.75, 3.05) is 18.4 Å². The zero-order valence-electron chi connectivity index (χ0n) is 23.5. The number of carbonyl (C=O) groups is 1. The van der Waals surface area contributed by atoms with Gasteiger partial charge in [-0.25, -0.2) is 26.8 Å². The molecule has 1 amide bonds. The van der Waals surface area contributed by atoms with Crippen LogP contribution in [0.15, 0.2) is 95.1 Å². The molecule has 43 heavy (non-hydrogen) atoms. The fourth-order valence-corrected chi connectivity index (χ4v) is 8.00. The molecule has 0 spiro atoms. The van der Waals surface area contributed by atoms with E-state index in [0.29, 0.717) is 30.3 Å². The maximum Gasteiger partial charge on any atom is 0.275 e. The van der Waals surface area contributed by atoms with Crippen molar-refractivity contribution in [2.45, 2.75) is 42.0 Å². The standard InChI is InChI=1S/C31H31ClN4O5S2/c1-22-7-5-6-10-25(22)21-42(38,39)31-33-20-28(32)29(35-31)30(37)34-26-11-13-27(14-12-26)43(40,41)36-17-15-24(16-18-36)19-23-8-3-2-4-9-23/h2-14,20,24H,15-19,21H2,1H3,(H,34,37). The van der Waals surface area contributed by atoms with Crippen molar-refractivity contribution in [3.63, 3.8) is 0 Å². The van der Waals surface area contributed by atoms with Gasteiger partial charge in [0.25, 0.3) is 5.91 Å². The molecule has 0 radical (unpaired) electrons. The van der Waals surface area contributed by atoms with Crippen molar-refractivity contribution in [2.24, 2.45) is 5.92 Å². The summed E-state index contributed by atoms with van der Waals surface area (Å²) in [6, 6.07) is 23.1. The minimum Gasteiger partial charge on any atom is -0.321 e. The largest absolute Gasteiger partial charge is 0.321 e. The van der Waals surface area contributed by atoms with Crippen molar-refractivity contribution in [1.82, 2.24) is 14.3 Å². The summed E-state index contributed by atoms with van der Waals surface area (Å²) in [5, 5.41) is 1.97. The van der Waals surface area contributed by atoms with Crippen molar-refractivity contribution < 1.29 is 21.6 Å². The lowest BCUT2D eigenvalue weighted by Gasteiger charge is -2.31. The topological polar surface area (TPSA) is 126 Å². The number of hydrogen-bond donors (Lipinski definition) is 1. The molecule has 1 aliphatic rings. The first-order valence-electron chi connectivity index (χ1n) is 13.8. The van der Waals surface area contributed by atoms with Crippen LogP contribution in [0, 0.1) is 12.8 Å². The second-order valence-corrected chi connectivity index (χ2v) is 14.8. The highest BCUT2D eigenvalue weighted by Crippen LogP contribution is 2.27. The van der Waals surface area contributed by atoms with E-state index in [0.717, 1.165) is 31.0 Å². The van der Waals surface area contributed by atoms with Gasteiger partial charge >= 0.3 is 0 Å². The van der Waals surface area contributed by atoms with Gasteiger partial charge in [0.05, 0.1) is 21.9 Å². The summed E-state index contributed by atoms with van der Waals surface area (Å²) in [5.74, 6) is -0.655. The fraction of sp³-hybridized carbons (Fsp3) is 0.258. The Morgan fingerprint density at radius 3 is 2.26 bits per heavy atom. The van der Waals surface area contributed by atoms with Crippen molar-refractivity contribution in [3.05, 3.63) is 112 Å². The number of piperidine rings is 1.